The van der Waals surface area contributed by atoms with Gasteiger partial charge in [-0.05, 0) is 35.4 Å². The molecule has 8 nitrogen and oxygen atoms in total. The molecule has 2 aromatic rings. The first-order valence-electron chi connectivity index (χ1n) is 8.80. The van der Waals surface area contributed by atoms with E-state index in [1.165, 1.54) is 7.11 Å². The first-order valence-corrected chi connectivity index (χ1v) is 8.80. The van der Waals surface area contributed by atoms with E-state index in [2.05, 4.69) is 5.32 Å². The van der Waals surface area contributed by atoms with Gasteiger partial charge >= 0.3 is 0 Å². The van der Waals surface area contributed by atoms with Crippen molar-refractivity contribution in [2.45, 2.75) is 6.04 Å². The molecule has 0 aromatic heterocycles. The van der Waals surface area contributed by atoms with Crippen LogP contribution in [0.15, 0.2) is 30.3 Å². The number of ether oxygens (including phenoxy) is 4. The molecule has 30 heavy (non-hydrogen) atoms. The largest absolute Gasteiger partial charge is 0.495 e. The summed E-state index contributed by atoms with van der Waals surface area (Å²) in [5.74, 6) is 1.59. The van der Waals surface area contributed by atoms with Crippen molar-refractivity contribution in [2.24, 2.45) is 5.73 Å². The summed E-state index contributed by atoms with van der Waals surface area (Å²) in [4.78, 5) is 12.0. The molecule has 0 spiro atoms. The summed E-state index contributed by atoms with van der Waals surface area (Å²) in [6.45, 7) is -0.450. The number of nitrogens with two attached hydrogens (primary N) is 1. The number of carbonyl (C=O) groups excluding carboxylic acids is 1. The Labute approximate surface area is 182 Å². The van der Waals surface area contributed by atoms with Crippen molar-refractivity contribution in [1.82, 2.24) is 0 Å². The monoisotopic (exact) mass is 438 g/mol. The summed E-state index contributed by atoms with van der Waals surface area (Å²) < 4.78 is 21.3. The highest BCUT2D eigenvalue weighted by atomic mass is 35.5. The molecule has 9 heteroatoms. The predicted octanol–water partition coefficient (Wildman–Crippen LogP) is 2.57. The lowest BCUT2D eigenvalue weighted by molar-refractivity contribution is -0.118. The fraction of sp³-hybridized carbons (Fsp3) is 0.286. The summed E-state index contributed by atoms with van der Waals surface area (Å²) >= 11 is 0. The van der Waals surface area contributed by atoms with Crippen LogP contribution in [-0.4, -0.2) is 52.1 Å². The maximum absolute atomic E-state index is 12.0. The van der Waals surface area contributed by atoms with E-state index in [0.29, 0.717) is 28.7 Å². The molecule has 0 saturated carbocycles. The van der Waals surface area contributed by atoms with E-state index < -0.39 is 18.6 Å². The molecule has 164 valence electrons. The van der Waals surface area contributed by atoms with E-state index in [4.69, 9.17) is 29.8 Å². The zero-order valence-electron chi connectivity index (χ0n) is 17.3. The van der Waals surface area contributed by atoms with Crippen molar-refractivity contribution < 1.29 is 28.8 Å². The van der Waals surface area contributed by atoms with Gasteiger partial charge in [0, 0.05) is 0 Å². The quantitative estimate of drug-likeness (QED) is 0.516. The van der Waals surface area contributed by atoms with E-state index in [-0.39, 0.29) is 12.4 Å². The molecule has 1 amide bonds. The number of halogens is 1. The number of aliphatic hydroxyl groups is 1. The minimum Gasteiger partial charge on any atom is -0.495 e. The summed E-state index contributed by atoms with van der Waals surface area (Å²) in [6.07, 6.45) is 3.74. The molecular weight excluding hydrogens is 412 g/mol. The summed E-state index contributed by atoms with van der Waals surface area (Å²) in [7, 11) is 6.16. The van der Waals surface area contributed by atoms with Crippen molar-refractivity contribution in [3.8, 4) is 23.0 Å². The Morgan fingerprint density at radius 1 is 0.967 bits per heavy atom. The van der Waals surface area contributed by atoms with Gasteiger partial charge < -0.3 is 35.1 Å². The lowest BCUT2D eigenvalue weighted by atomic mass is 10.1. The van der Waals surface area contributed by atoms with Crippen molar-refractivity contribution in [3.63, 3.8) is 0 Å². The molecule has 0 heterocycles. The van der Waals surface area contributed by atoms with Crippen LogP contribution in [0.5, 0.6) is 23.0 Å². The van der Waals surface area contributed by atoms with Gasteiger partial charge in [-0.15, -0.1) is 12.4 Å². The van der Waals surface area contributed by atoms with Crippen LogP contribution in [0.4, 0.5) is 5.69 Å². The van der Waals surface area contributed by atoms with Crippen LogP contribution in [0.1, 0.15) is 11.1 Å². The molecule has 0 radical (unpaired) electrons. The first kappa shape index (κ1) is 25.1. The van der Waals surface area contributed by atoms with E-state index in [1.807, 2.05) is 30.4 Å². The highest BCUT2D eigenvalue weighted by Crippen LogP contribution is 2.38. The molecule has 1 atom stereocenters. The lowest BCUT2D eigenvalue weighted by Crippen LogP contribution is -2.38. The minimum absolute atomic E-state index is 0. The number of benzene rings is 2. The fourth-order valence-corrected chi connectivity index (χ4v) is 2.63. The molecule has 0 aliphatic heterocycles. The Morgan fingerprint density at radius 3 is 2.03 bits per heavy atom. The van der Waals surface area contributed by atoms with Gasteiger partial charge in [-0.1, -0.05) is 18.2 Å². The third kappa shape index (κ3) is 6.03. The van der Waals surface area contributed by atoms with Gasteiger partial charge in [0.1, 0.15) is 11.8 Å². The number of hydrogen-bond donors (Lipinski definition) is 3. The van der Waals surface area contributed by atoms with Gasteiger partial charge in [-0.3, -0.25) is 4.79 Å². The molecule has 2 rings (SSSR count). The van der Waals surface area contributed by atoms with Crippen LogP contribution in [0.2, 0.25) is 0 Å². The Bertz CT molecular complexity index is 863. The average molecular weight is 439 g/mol. The van der Waals surface area contributed by atoms with Crippen molar-refractivity contribution >= 4 is 36.2 Å². The zero-order valence-corrected chi connectivity index (χ0v) is 18.1. The van der Waals surface area contributed by atoms with E-state index in [0.717, 1.165) is 11.1 Å². The Kier molecular flexibility index (Phi) is 9.97. The van der Waals surface area contributed by atoms with Crippen LogP contribution in [0.3, 0.4) is 0 Å². The van der Waals surface area contributed by atoms with Crippen LogP contribution < -0.4 is 30.0 Å². The van der Waals surface area contributed by atoms with Crippen molar-refractivity contribution in [2.75, 3.05) is 40.4 Å². The normalized spacial score (nSPS) is 11.4. The van der Waals surface area contributed by atoms with Gasteiger partial charge in [-0.2, -0.15) is 0 Å². The highest BCUT2D eigenvalue weighted by molar-refractivity contribution is 5.96. The molecule has 0 aliphatic carbocycles. The maximum Gasteiger partial charge on any atom is 0.243 e. The number of hydrogen-bond acceptors (Lipinski definition) is 7. The Hall–Kier alpha value is -2.94. The van der Waals surface area contributed by atoms with Crippen LogP contribution in [0.25, 0.3) is 12.2 Å². The van der Waals surface area contributed by atoms with Crippen molar-refractivity contribution in [3.05, 3.63) is 41.5 Å². The standard InChI is InChI=1S/C21H26N2O6.ClH/c1-26-17-8-7-13(9-16(17)23-21(25)15(22)12-24)5-6-14-10-18(27-2)20(29-4)19(11-14)28-3;/h5-11,15,24H,12,22H2,1-4H3,(H,23,25);1H/t15-;/m0./s1. The average Bonchev–Trinajstić information content (AvgIpc) is 2.76. The van der Waals surface area contributed by atoms with E-state index in [9.17, 15) is 4.79 Å². The minimum atomic E-state index is -1.02. The molecule has 0 fully saturated rings. The second kappa shape index (κ2) is 11.9. The smallest absolute Gasteiger partial charge is 0.243 e. The predicted molar refractivity (Wildman–Crippen MR) is 119 cm³/mol. The number of rotatable bonds is 9. The molecular formula is C21H27ClN2O6. The fourth-order valence-electron chi connectivity index (χ4n) is 2.63. The second-order valence-corrected chi connectivity index (χ2v) is 6.03. The van der Waals surface area contributed by atoms with Gasteiger partial charge in [0.2, 0.25) is 11.7 Å². The van der Waals surface area contributed by atoms with Crippen molar-refractivity contribution in [1.29, 1.82) is 0 Å². The SMILES string of the molecule is COc1ccc(C=Cc2cc(OC)c(OC)c(OC)c2)cc1NC(=O)[C@@H](N)CO.Cl. The van der Waals surface area contributed by atoms with E-state index >= 15 is 0 Å². The molecule has 0 saturated heterocycles. The molecule has 0 aliphatic rings. The summed E-state index contributed by atoms with van der Waals surface area (Å²) in [5.41, 5.74) is 7.66. The Morgan fingerprint density at radius 2 is 1.53 bits per heavy atom. The molecule has 4 N–H and O–H groups in total. The van der Waals surface area contributed by atoms with Gasteiger partial charge in [0.15, 0.2) is 11.5 Å². The summed E-state index contributed by atoms with van der Waals surface area (Å²) in [6, 6.07) is 7.95. The number of methoxy groups -OCH3 is 4. The number of nitrogens with one attached hydrogen (secondary N) is 1. The van der Waals surface area contributed by atoms with E-state index in [1.54, 1.807) is 33.5 Å². The highest BCUT2D eigenvalue weighted by Gasteiger charge is 2.15. The first-order chi connectivity index (χ1) is 14.0. The number of amides is 1. The third-order valence-corrected chi connectivity index (χ3v) is 4.17. The topological polar surface area (TPSA) is 112 Å². The molecule has 2 aromatic carbocycles. The van der Waals surface area contributed by atoms with Crippen LogP contribution in [-0.2, 0) is 4.79 Å². The third-order valence-electron chi connectivity index (χ3n) is 4.17. The second-order valence-electron chi connectivity index (χ2n) is 6.03. The van der Waals surface area contributed by atoms with Gasteiger partial charge in [0.25, 0.3) is 0 Å². The van der Waals surface area contributed by atoms with Gasteiger partial charge in [0.05, 0.1) is 40.7 Å². The van der Waals surface area contributed by atoms with Crippen LogP contribution >= 0.6 is 12.4 Å². The van der Waals surface area contributed by atoms with Crippen LogP contribution in [0, 0.1) is 0 Å². The number of anilines is 1. The molecule has 0 unspecified atom stereocenters. The molecule has 0 bridgehead atoms. The maximum atomic E-state index is 12.0. The zero-order chi connectivity index (χ0) is 21.4. The van der Waals surface area contributed by atoms with Gasteiger partial charge in [-0.25, -0.2) is 0 Å². The summed E-state index contributed by atoms with van der Waals surface area (Å²) in [5, 5.41) is 11.7. The number of aliphatic hydroxyl groups excluding tert-OH is 1. The number of carbonyl (C=O) groups is 1. The Balaban J connectivity index is 0.00000450. The lowest BCUT2D eigenvalue weighted by Gasteiger charge is -2.14.